The molecule has 1 amide bonds. The monoisotopic (exact) mass is 549 g/mol. The molecule has 4 rings (SSSR count). The quantitative estimate of drug-likeness (QED) is 0.183. The third-order valence-electron chi connectivity index (χ3n) is 6.58. The van der Waals surface area contributed by atoms with Crippen LogP contribution in [0.3, 0.4) is 0 Å². The SMILES string of the molecule is O=C(O)CCCCC(=O)NCc1ccc([C@@H]2O[C@H](CSc3ccccc3)C[C@H](c3ccc(CO)cc3)O2)cc1. The van der Waals surface area contributed by atoms with Crippen LogP contribution in [0, 0.1) is 0 Å². The summed E-state index contributed by atoms with van der Waals surface area (Å²) in [6, 6.07) is 26.0. The second-order valence-corrected chi connectivity index (χ2v) is 10.7. The number of benzene rings is 3. The van der Waals surface area contributed by atoms with Gasteiger partial charge in [0.2, 0.25) is 5.91 Å². The average molecular weight is 550 g/mol. The first kappa shape index (κ1) is 28.8. The van der Waals surface area contributed by atoms with Gasteiger partial charge in [-0.05, 0) is 41.7 Å². The molecular weight excluding hydrogens is 514 g/mol. The highest BCUT2D eigenvalue weighted by Gasteiger charge is 2.32. The van der Waals surface area contributed by atoms with E-state index in [1.807, 2.05) is 66.7 Å². The van der Waals surface area contributed by atoms with Gasteiger partial charge in [0.1, 0.15) is 0 Å². The maximum Gasteiger partial charge on any atom is 0.303 e. The molecule has 3 atom stereocenters. The number of unbranched alkanes of at least 4 members (excludes halogenated alkanes) is 1. The number of aliphatic hydroxyl groups excluding tert-OH is 1. The smallest absolute Gasteiger partial charge is 0.303 e. The number of carbonyl (C=O) groups is 2. The van der Waals surface area contributed by atoms with Crippen LogP contribution in [-0.4, -0.2) is 33.9 Å². The molecule has 3 N–H and O–H groups in total. The van der Waals surface area contributed by atoms with E-state index < -0.39 is 12.3 Å². The molecule has 0 bridgehead atoms. The van der Waals surface area contributed by atoms with Crippen molar-refractivity contribution in [1.82, 2.24) is 5.32 Å². The molecule has 3 aromatic carbocycles. The number of hydrogen-bond donors (Lipinski definition) is 3. The Morgan fingerprint density at radius 3 is 2.21 bits per heavy atom. The normalized spacial score (nSPS) is 18.9. The van der Waals surface area contributed by atoms with Gasteiger partial charge in [-0.1, -0.05) is 66.7 Å². The van der Waals surface area contributed by atoms with Crippen LogP contribution in [0.2, 0.25) is 0 Å². The Hall–Kier alpha value is -3.17. The predicted octanol–water partition coefficient (Wildman–Crippen LogP) is 5.78. The fourth-order valence-corrected chi connectivity index (χ4v) is 5.31. The number of carboxylic acid groups (broad SMARTS) is 1. The molecule has 1 aliphatic heterocycles. The van der Waals surface area contributed by atoms with Gasteiger partial charge in [-0.25, -0.2) is 0 Å². The molecule has 206 valence electrons. The van der Waals surface area contributed by atoms with Crippen molar-refractivity contribution in [3.63, 3.8) is 0 Å². The third-order valence-corrected chi connectivity index (χ3v) is 7.72. The lowest BCUT2D eigenvalue weighted by atomic mass is 10.0. The predicted molar refractivity (Wildman–Crippen MR) is 150 cm³/mol. The second kappa shape index (κ2) is 14.8. The molecule has 0 saturated carbocycles. The molecule has 0 aromatic heterocycles. The summed E-state index contributed by atoms with van der Waals surface area (Å²) in [6.07, 6.45) is 1.50. The van der Waals surface area contributed by atoms with Crippen LogP contribution in [0.15, 0.2) is 83.8 Å². The van der Waals surface area contributed by atoms with Gasteiger partial charge in [0.15, 0.2) is 6.29 Å². The van der Waals surface area contributed by atoms with E-state index >= 15 is 0 Å². The zero-order chi connectivity index (χ0) is 27.5. The molecule has 0 radical (unpaired) electrons. The number of rotatable bonds is 13. The molecule has 7 nitrogen and oxygen atoms in total. The first-order chi connectivity index (χ1) is 19.0. The minimum absolute atomic E-state index is 0.00536. The summed E-state index contributed by atoms with van der Waals surface area (Å²) >= 11 is 1.76. The van der Waals surface area contributed by atoms with Gasteiger partial charge in [-0.3, -0.25) is 9.59 Å². The number of amides is 1. The van der Waals surface area contributed by atoms with Crippen molar-refractivity contribution in [3.8, 4) is 0 Å². The van der Waals surface area contributed by atoms with Gasteiger partial charge in [0.25, 0.3) is 0 Å². The number of ether oxygens (including phenoxy) is 2. The highest BCUT2D eigenvalue weighted by Crippen LogP contribution is 2.39. The Balaban J connectivity index is 1.37. The summed E-state index contributed by atoms with van der Waals surface area (Å²) in [5.41, 5.74) is 3.78. The number of carbonyl (C=O) groups excluding carboxylic acids is 1. The maximum atomic E-state index is 12.1. The summed E-state index contributed by atoms with van der Waals surface area (Å²) < 4.78 is 12.8. The minimum atomic E-state index is -0.839. The number of nitrogens with one attached hydrogen (secondary N) is 1. The zero-order valence-electron chi connectivity index (χ0n) is 21.8. The molecule has 1 heterocycles. The van der Waals surface area contributed by atoms with E-state index in [1.165, 1.54) is 4.90 Å². The summed E-state index contributed by atoms with van der Waals surface area (Å²) in [7, 11) is 0. The molecular formula is C31H35NO6S. The lowest BCUT2D eigenvalue weighted by Gasteiger charge is -2.36. The molecule has 0 aliphatic carbocycles. The van der Waals surface area contributed by atoms with E-state index in [1.54, 1.807) is 11.8 Å². The number of thioether (sulfide) groups is 1. The zero-order valence-corrected chi connectivity index (χ0v) is 22.6. The summed E-state index contributed by atoms with van der Waals surface area (Å²) in [6.45, 7) is 0.409. The topological polar surface area (TPSA) is 105 Å². The Kier molecular flexibility index (Phi) is 11.0. The summed E-state index contributed by atoms with van der Waals surface area (Å²) in [5.74, 6) is -0.128. The van der Waals surface area contributed by atoms with Crippen molar-refractivity contribution in [1.29, 1.82) is 0 Å². The second-order valence-electron chi connectivity index (χ2n) is 9.59. The Bertz CT molecular complexity index is 1190. The van der Waals surface area contributed by atoms with Gasteiger partial charge >= 0.3 is 5.97 Å². The van der Waals surface area contributed by atoms with E-state index in [-0.39, 0.29) is 31.1 Å². The molecule has 1 saturated heterocycles. The lowest BCUT2D eigenvalue weighted by Crippen LogP contribution is -2.31. The van der Waals surface area contributed by atoms with Crippen LogP contribution < -0.4 is 5.32 Å². The van der Waals surface area contributed by atoms with Crippen LogP contribution in [0.25, 0.3) is 0 Å². The molecule has 1 fully saturated rings. The van der Waals surface area contributed by atoms with Gasteiger partial charge in [0, 0.05) is 42.0 Å². The summed E-state index contributed by atoms with van der Waals surface area (Å²) in [4.78, 5) is 23.9. The van der Waals surface area contributed by atoms with Crippen LogP contribution >= 0.6 is 11.8 Å². The minimum Gasteiger partial charge on any atom is -0.481 e. The standard InChI is InChI=1S/C31H35NO6S/c33-20-23-12-14-24(15-13-23)28-18-26(21-39-27-6-2-1-3-7-27)37-31(38-28)25-16-10-22(11-17-25)19-32-29(34)8-4-5-9-30(35)36/h1-3,6-7,10-17,26,28,31,33H,4-5,8-9,18-21H2,(H,32,34)(H,35,36)/t26-,28+,31+/m0/s1. The largest absolute Gasteiger partial charge is 0.481 e. The Morgan fingerprint density at radius 1 is 0.846 bits per heavy atom. The van der Waals surface area contributed by atoms with E-state index in [4.69, 9.17) is 14.6 Å². The van der Waals surface area contributed by atoms with Crippen molar-refractivity contribution in [2.45, 2.75) is 68.6 Å². The third kappa shape index (κ3) is 9.21. The fourth-order valence-electron chi connectivity index (χ4n) is 4.37. The van der Waals surface area contributed by atoms with E-state index in [0.717, 1.165) is 34.4 Å². The Morgan fingerprint density at radius 2 is 1.51 bits per heavy atom. The molecule has 0 unspecified atom stereocenters. The molecule has 8 heteroatoms. The van der Waals surface area contributed by atoms with E-state index in [0.29, 0.717) is 25.8 Å². The van der Waals surface area contributed by atoms with Crippen molar-refractivity contribution < 1.29 is 29.3 Å². The highest BCUT2D eigenvalue weighted by atomic mass is 32.2. The van der Waals surface area contributed by atoms with E-state index in [9.17, 15) is 14.7 Å². The number of carboxylic acids is 1. The highest BCUT2D eigenvalue weighted by molar-refractivity contribution is 7.99. The first-order valence-corrected chi connectivity index (χ1v) is 14.2. The number of aliphatic hydroxyl groups is 1. The van der Waals surface area contributed by atoms with Gasteiger partial charge in [-0.15, -0.1) is 11.8 Å². The van der Waals surface area contributed by atoms with E-state index in [2.05, 4.69) is 17.4 Å². The fraction of sp³-hybridized carbons (Fsp3) is 0.355. The first-order valence-electron chi connectivity index (χ1n) is 13.3. The van der Waals surface area contributed by atoms with Crippen molar-refractivity contribution >= 4 is 23.6 Å². The Labute approximate surface area is 233 Å². The maximum absolute atomic E-state index is 12.1. The van der Waals surface area contributed by atoms with Gasteiger partial charge in [-0.2, -0.15) is 0 Å². The molecule has 0 spiro atoms. The van der Waals surface area contributed by atoms with Gasteiger partial charge < -0.3 is 25.0 Å². The molecule has 1 aliphatic rings. The summed E-state index contributed by atoms with van der Waals surface area (Å²) in [5, 5.41) is 21.0. The number of aliphatic carboxylic acids is 1. The van der Waals surface area contributed by atoms with Crippen molar-refractivity contribution in [3.05, 3.63) is 101 Å². The van der Waals surface area contributed by atoms with Crippen LogP contribution in [-0.2, 0) is 32.2 Å². The number of hydrogen-bond acceptors (Lipinski definition) is 6. The molecule has 3 aromatic rings. The molecule has 39 heavy (non-hydrogen) atoms. The van der Waals surface area contributed by atoms with Crippen LogP contribution in [0.5, 0.6) is 0 Å². The van der Waals surface area contributed by atoms with Crippen LogP contribution in [0.4, 0.5) is 0 Å². The van der Waals surface area contributed by atoms with Crippen molar-refractivity contribution in [2.75, 3.05) is 5.75 Å². The average Bonchev–Trinajstić information content (AvgIpc) is 2.98. The lowest BCUT2D eigenvalue weighted by molar-refractivity contribution is -0.245. The van der Waals surface area contributed by atoms with Crippen LogP contribution in [0.1, 0.15) is 66.8 Å². The van der Waals surface area contributed by atoms with Crippen molar-refractivity contribution in [2.24, 2.45) is 0 Å². The van der Waals surface area contributed by atoms with Gasteiger partial charge in [0.05, 0.1) is 18.8 Å².